The maximum absolute atomic E-state index is 14.0. The van der Waals surface area contributed by atoms with E-state index in [-0.39, 0.29) is 23.4 Å². The molecule has 1 saturated heterocycles. The maximum atomic E-state index is 14.0. The minimum atomic E-state index is -0.569. The molecule has 3 amide bonds. The highest BCUT2D eigenvalue weighted by molar-refractivity contribution is 6.06. The van der Waals surface area contributed by atoms with Gasteiger partial charge < -0.3 is 20.7 Å². The van der Waals surface area contributed by atoms with Crippen molar-refractivity contribution in [2.75, 3.05) is 22.6 Å². The predicted octanol–water partition coefficient (Wildman–Crippen LogP) is 3.54. The summed E-state index contributed by atoms with van der Waals surface area (Å²) in [5, 5.41) is 8.00. The van der Waals surface area contributed by atoms with E-state index in [1.807, 2.05) is 0 Å². The Hall–Kier alpha value is -3.26. The minimum absolute atomic E-state index is 0.0299. The van der Waals surface area contributed by atoms with E-state index in [9.17, 15) is 18.8 Å². The molecule has 1 aliphatic heterocycles. The zero-order valence-electron chi connectivity index (χ0n) is 16.2. The smallest absolute Gasteiger partial charge is 0.255 e. The lowest BCUT2D eigenvalue weighted by Crippen LogP contribution is -2.27. The van der Waals surface area contributed by atoms with Crippen LogP contribution in [-0.2, 0) is 14.3 Å². The molecule has 2 aliphatic rings. The normalized spacial score (nSPS) is 18.0. The van der Waals surface area contributed by atoms with Crippen molar-refractivity contribution in [3.8, 4) is 0 Å². The molecule has 7 nitrogen and oxygen atoms in total. The van der Waals surface area contributed by atoms with E-state index in [0.717, 1.165) is 19.3 Å². The minimum Gasteiger partial charge on any atom is -0.368 e. The molecule has 1 unspecified atom stereocenters. The van der Waals surface area contributed by atoms with Crippen molar-refractivity contribution in [1.29, 1.82) is 0 Å². The molecule has 2 fully saturated rings. The van der Waals surface area contributed by atoms with Gasteiger partial charge in [0.25, 0.3) is 11.8 Å². The highest BCUT2D eigenvalue weighted by Gasteiger charge is 2.30. The standard InChI is InChI=1S/C22H22FN3O4/c23-17-9-8-16(12-18(17)26-20(27)13-6-7-13)24-21(28)14-3-1-4-15(11-14)25-22(29)19-5-2-10-30-19/h1,3-4,8-9,11-13,19H,2,5-7,10H2,(H,24,28)(H,25,29)(H,26,27). The van der Waals surface area contributed by atoms with Crippen molar-refractivity contribution in [1.82, 2.24) is 0 Å². The third-order valence-corrected chi connectivity index (χ3v) is 5.04. The van der Waals surface area contributed by atoms with E-state index < -0.39 is 17.8 Å². The summed E-state index contributed by atoms with van der Waals surface area (Å²) in [7, 11) is 0. The van der Waals surface area contributed by atoms with Crippen LogP contribution in [0.25, 0.3) is 0 Å². The van der Waals surface area contributed by atoms with Crippen molar-refractivity contribution < 1.29 is 23.5 Å². The van der Waals surface area contributed by atoms with Gasteiger partial charge in [0.1, 0.15) is 11.9 Å². The third-order valence-electron chi connectivity index (χ3n) is 5.04. The van der Waals surface area contributed by atoms with Crippen LogP contribution in [0.5, 0.6) is 0 Å². The molecule has 3 N–H and O–H groups in total. The van der Waals surface area contributed by atoms with Gasteiger partial charge in [-0.15, -0.1) is 0 Å². The molecule has 4 rings (SSSR count). The van der Waals surface area contributed by atoms with Gasteiger partial charge in [0.15, 0.2) is 0 Å². The Morgan fingerprint density at radius 1 is 0.900 bits per heavy atom. The summed E-state index contributed by atoms with van der Waals surface area (Å²) < 4.78 is 19.4. The number of rotatable bonds is 6. The van der Waals surface area contributed by atoms with Crippen LogP contribution in [0, 0.1) is 11.7 Å². The fourth-order valence-corrected chi connectivity index (χ4v) is 3.23. The Morgan fingerprint density at radius 2 is 1.70 bits per heavy atom. The molecule has 1 saturated carbocycles. The van der Waals surface area contributed by atoms with E-state index in [1.165, 1.54) is 18.2 Å². The first-order valence-corrected chi connectivity index (χ1v) is 9.94. The van der Waals surface area contributed by atoms with Gasteiger partial charge >= 0.3 is 0 Å². The summed E-state index contributed by atoms with van der Waals surface area (Å²) >= 11 is 0. The number of benzene rings is 2. The molecule has 1 aliphatic carbocycles. The number of halogens is 1. The largest absolute Gasteiger partial charge is 0.368 e. The first-order chi connectivity index (χ1) is 14.5. The SMILES string of the molecule is O=C(Nc1ccc(F)c(NC(=O)C2CC2)c1)c1cccc(NC(=O)C2CCCO2)c1. The monoisotopic (exact) mass is 411 g/mol. The summed E-state index contributed by atoms with van der Waals surface area (Å²) in [5.41, 5.74) is 1.19. The van der Waals surface area contributed by atoms with Crippen LogP contribution >= 0.6 is 0 Å². The zero-order valence-corrected chi connectivity index (χ0v) is 16.2. The van der Waals surface area contributed by atoms with Crippen LogP contribution in [0.1, 0.15) is 36.0 Å². The first kappa shape index (κ1) is 20.0. The van der Waals surface area contributed by atoms with Gasteiger partial charge in [-0.25, -0.2) is 4.39 Å². The molecule has 0 spiro atoms. The van der Waals surface area contributed by atoms with Gasteiger partial charge in [-0.3, -0.25) is 14.4 Å². The van der Waals surface area contributed by atoms with Crippen LogP contribution in [0.3, 0.4) is 0 Å². The Labute approximate surface area is 173 Å². The lowest BCUT2D eigenvalue weighted by Gasteiger charge is -2.12. The van der Waals surface area contributed by atoms with Crippen molar-refractivity contribution in [2.24, 2.45) is 5.92 Å². The molecule has 8 heteroatoms. The van der Waals surface area contributed by atoms with E-state index in [2.05, 4.69) is 16.0 Å². The number of ether oxygens (including phenoxy) is 1. The van der Waals surface area contributed by atoms with E-state index in [1.54, 1.807) is 24.3 Å². The topological polar surface area (TPSA) is 96.5 Å². The van der Waals surface area contributed by atoms with Crippen LogP contribution in [0.15, 0.2) is 42.5 Å². The number of hydrogen-bond acceptors (Lipinski definition) is 4. The van der Waals surface area contributed by atoms with Crippen molar-refractivity contribution in [3.05, 3.63) is 53.8 Å². The molecular weight excluding hydrogens is 389 g/mol. The Balaban J connectivity index is 1.42. The van der Waals surface area contributed by atoms with Gasteiger partial charge in [-0.1, -0.05) is 6.07 Å². The molecule has 30 heavy (non-hydrogen) atoms. The van der Waals surface area contributed by atoms with E-state index in [4.69, 9.17) is 4.74 Å². The van der Waals surface area contributed by atoms with Gasteiger partial charge in [-0.2, -0.15) is 0 Å². The number of nitrogens with one attached hydrogen (secondary N) is 3. The molecule has 0 bridgehead atoms. The van der Waals surface area contributed by atoms with Gasteiger partial charge in [-0.05, 0) is 62.1 Å². The summed E-state index contributed by atoms with van der Waals surface area (Å²) in [4.78, 5) is 36.7. The first-order valence-electron chi connectivity index (χ1n) is 9.94. The highest BCUT2D eigenvalue weighted by Crippen LogP contribution is 2.31. The zero-order chi connectivity index (χ0) is 21.1. The number of anilines is 3. The summed E-state index contributed by atoms with van der Waals surface area (Å²) in [6, 6.07) is 10.5. The number of carbonyl (C=O) groups excluding carboxylic acids is 3. The molecule has 2 aromatic carbocycles. The average molecular weight is 411 g/mol. The van der Waals surface area contributed by atoms with E-state index >= 15 is 0 Å². The van der Waals surface area contributed by atoms with Crippen molar-refractivity contribution in [3.63, 3.8) is 0 Å². The summed E-state index contributed by atoms with van der Waals surface area (Å²) in [6.45, 7) is 0.571. The quantitative estimate of drug-likeness (QED) is 0.677. The van der Waals surface area contributed by atoms with Gasteiger partial charge in [0.05, 0.1) is 5.69 Å². The average Bonchev–Trinajstić information content (AvgIpc) is 3.44. The summed E-state index contributed by atoms with van der Waals surface area (Å²) in [5.74, 6) is -1.50. The second-order valence-electron chi connectivity index (χ2n) is 7.48. The lowest BCUT2D eigenvalue weighted by molar-refractivity contribution is -0.124. The molecule has 1 atom stereocenters. The Bertz CT molecular complexity index is 984. The molecular formula is C22H22FN3O4. The predicted molar refractivity (Wildman–Crippen MR) is 110 cm³/mol. The highest BCUT2D eigenvalue weighted by atomic mass is 19.1. The molecule has 156 valence electrons. The van der Waals surface area contributed by atoms with Gasteiger partial charge in [0.2, 0.25) is 5.91 Å². The molecule has 1 heterocycles. The number of hydrogen-bond donors (Lipinski definition) is 3. The fourth-order valence-electron chi connectivity index (χ4n) is 3.23. The summed E-state index contributed by atoms with van der Waals surface area (Å²) in [6.07, 6.45) is 2.68. The van der Waals surface area contributed by atoms with Crippen molar-refractivity contribution in [2.45, 2.75) is 31.8 Å². The Morgan fingerprint density at radius 3 is 2.43 bits per heavy atom. The maximum Gasteiger partial charge on any atom is 0.255 e. The molecule has 0 aromatic heterocycles. The number of carbonyl (C=O) groups is 3. The second-order valence-corrected chi connectivity index (χ2v) is 7.48. The second kappa shape index (κ2) is 8.62. The van der Waals surface area contributed by atoms with Crippen molar-refractivity contribution >= 4 is 34.8 Å². The number of amides is 3. The van der Waals surface area contributed by atoms with Crippen LogP contribution in [-0.4, -0.2) is 30.4 Å². The van der Waals surface area contributed by atoms with E-state index in [0.29, 0.717) is 30.0 Å². The van der Waals surface area contributed by atoms with Crippen LogP contribution in [0.2, 0.25) is 0 Å². The fraction of sp³-hybridized carbons (Fsp3) is 0.318. The third kappa shape index (κ3) is 4.83. The molecule has 2 aromatic rings. The van der Waals surface area contributed by atoms with Crippen LogP contribution in [0.4, 0.5) is 21.5 Å². The lowest BCUT2D eigenvalue weighted by atomic mass is 10.1. The van der Waals surface area contributed by atoms with Gasteiger partial charge in [0, 0.05) is 29.5 Å². The Kier molecular flexibility index (Phi) is 5.76. The van der Waals surface area contributed by atoms with Crippen LogP contribution < -0.4 is 16.0 Å². The molecule has 0 radical (unpaired) electrons.